The Hall–Kier alpha value is -7.16. The number of para-hydroxylation sites is 1. The minimum atomic E-state index is 0.903. The summed E-state index contributed by atoms with van der Waals surface area (Å²) in [5, 5.41) is 12.2. The summed E-state index contributed by atoms with van der Waals surface area (Å²) in [6.45, 7) is 0. The van der Waals surface area contributed by atoms with E-state index in [0.29, 0.717) is 0 Å². The third kappa shape index (κ3) is 4.96. The van der Waals surface area contributed by atoms with E-state index in [1.165, 1.54) is 60.0 Å². The quantitative estimate of drug-likeness (QED) is 0.168. The second-order valence-electron chi connectivity index (χ2n) is 14.1. The first-order valence-electron chi connectivity index (χ1n) is 18.5. The molecule has 10 aromatic carbocycles. The van der Waals surface area contributed by atoms with Crippen LogP contribution in [0, 0.1) is 0 Å². The van der Waals surface area contributed by atoms with Crippen LogP contribution in [0.5, 0.6) is 0 Å². The van der Waals surface area contributed by atoms with Crippen molar-refractivity contribution in [2.75, 3.05) is 4.90 Å². The number of benzene rings is 10. The lowest BCUT2D eigenvalue weighted by molar-refractivity contribution is 0.669. The van der Waals surface area contributed by atoms with Gasteiger partial charge in [-0.3, -0.25) is 0 Å². The largest absolute Gasteiger partial charge is 0.456 e. The minimum Gasteiger partial charge on any atom is -0.456 e. The number of furan rings is 1. The van der Waals surface area contributed by atoms with Crippen LogP contribution in [0.3, 0.4) is 0 Å². The molecule has 0 radical (unpaired) electrons. The molecule has 0 N–H and O–H groups in total. The van der Waals surface area contributed by atoms with E-state index in [9.17, 15) is 0 Å². The molecule has 1 aromatic heterocycles. The molecule has 0 bridgehead atoms. The zero-order valence-electron chi connectivity index (χ0n) is 29.4. The van der Waals surface area contributed by atoms with Crippen LogP contribution in [-0.4, -0.2) is 0 Å². The summed E-state index contributed by atoms with van der Waals surface area (Å²) in [6.07, 6.45) is 0. The van der Waals surface area contributed by atoms with Crippen molar-refractivity contribution in [1.82, 2.24) is 0 Å². The van der Waals surface area contributed by atoms with Crippen LogP contribution >= 0.6 is 0 Å². The molecule has 11 aromatic rings. The van der Waals surface area contributed by atoms with Crippen molar-refractivity contribution in [2.24, 2.45) is 0 Å². The normalized spacial score (nSPS) is 11.7. The Morgan fingerprint density at radius 2 is 0.870 bits per heavy atom. The summed E-state index contributed by atoms with van der Waals surface area (Å²) < 4.78 is 6.29. The van der Waals surface area contributed by atoms with Crippen molar-refractivity contribution in [3.8, 4) is 22.3 Å². The molecule has 0 aliphatic heterocycles. The van der Waals surface area contributed by atoms with Gasteiger partial charge in [-0.1, -0.05) is 146 Å². The van der Waals surface area contributed by atoms with E-state index in [4.69, 9.17) is 4.42 Å². The molecule has 54 heavy (non-hydrogen) atoms. The van der Waals surface area contributed by atoms with Gasteiger partial charge in [0.2, 0.25) is 0 Å². The molecule has 0 saturated carbocycles. The Morgan fingerprint density at radius 1 is 0.296 bits per heavy atom. The van der Waals surface area contributed by atoms with E-state index in [1.807, 2.05) is 12.1 Å². The molecule has 11 rings (SSSR count). The maximum atomic E-state index is 6.29. The highest BCUT2D eigenvalue weighted by molar-refractivity contribution is 6.20. The highest BCUT2D eigenvalue weighted by atomic mass is 16.3. The van der Waals surface area contributed by atoms with Gasteiger partial charge in [-0.25, -0.2) is 0 Å². The number of hydrogen-bond acceptors (Lipinski definition) is 2. The van der Waals surface area contributed by atoms with E-state index in [-0.39, 0.29) is 0 Å². The van der Waals surface area contributed by atoms with Crippen LogP contribution in [-0.2, 0) is 0 Å². The number of rotatable bonds is 5. The average molecular weight is 688 g/mol. The molecule has 0 spiro atoms. The van der Waals surface area contributed by atoms with E-state index in [0.717, 1.165) is 44.4 Å². The summed E-state index contributed by atoms with van der Waals surface area (Å²) in [5.74, 6) is 0. The van der Waals surface area contributed by atoms with Crippen molar-refractivity contribution in [2.45, 2.75) is 0 Å². The SMILES string of the molecule is c1ccc(-c2ccc(N(c3ccc(-c4ccc5c(ccc6ccc7ccccc7c65)c4)cc3)c3cccc4cc5oc6ccccc6c5cc34)cc2)cc1. The first-order chi connectivity index (χ1) is 26.7. The number of hydrogen-bond donors (Lipinski definition) is 0. The molecule has 2 nitrogen and oxygen atoms in total. The van der Waals surface area contributed by atoms with Crippen LogP contribution in [0.4, 0.5) is 17.1 Å². The van der Waals surface area contributed by atoms with Gasteiger partial charge in [0.25, 0.3) is 0 Å². The summed E-state index contributed by atoms with van der Waals surface area (Å²) in [5.41, 5.74) is 9.89. The molecule has 2 heteroatoms. The summed E-state index contributed by atoms with van der Waals surface area (Å²) in [7, 11) is 0. The molecule has 0 unspecified atom stereocenters. The van der Waals surface area contributed by atoms with Gasteiger partial charge in [0, 0.05) is 27.5 Å². The number of anilines is 3. The highest BCUT2D eigenvalue weighted by Crippen LogP contribution is 2.43. The first kappa shape index (κ1) is 30.5. The first-order valence-corrected chi connectivity index (χ1v) is 18.5. The minimum absolute atomic E-state index is 0.903. The van der Waals surface area contributed by atoms with Crippen LogP contribution < -0.4 is 4.90 Å². The van der Waals surface area contributed by atoms with E-state index in [1.54, 1.807) is 0 Å². The van der Waals surface area contributed by atoms with Crippen molar-refractivity contribution in [3.63, 3.8) is 0 Å². The molecule has 0 aliphatic carbocycles. The fourth-order valence-electron chi connectivity index (χ4n) is 8.35. The van der Waals surface area contributed by atoms with E-state index in [2.05, 4.69) is 193 Å². The van der Waals surface area contributed by atoms with Crippen LogP contribution in [0.2, 0.25) is 0 Å². The molecule has 0 aliphatic rings. The van der Waals surface area contributed by atoms with Crippen molar-refractivity contribution in [1.29, 1.82) is 0 Å². The summed E-state index contributed by atoms with van der Waals surface area (Å²) in [4.78, 5) is 2.38. The second-order valence-corrected chi connectivity index (χ2v) is 14.1. The predicted molar refractivity (Wildman–Crippen MR) is 229 cm³/mol. The zero-order valence-corrected chi connectivity index (χ0v) is 29.4. The van der Waals surface area contributed by atoms with Gasteiger partial charge in [0.05, 0.1) is 5.69 Å². The monoisotopic (exact) mass is 687 g/mol. The van der Waals surface area contributed by atoms with Gasteiger partial charge >= 0.3 is 0 Å². The Labute approximate surface area is 312 Å². The maximum Gasteiger partial charge on any atom is 0.136 e. The van der Waals surface area contributed by atoms with Gasteiger partial charge < -0.3 is 9.32 Å². The predicted octanol–water partition coefficient (Wildman–Crippen LogP) is 15.0. The van der Waals surface area contributed by atoms with Gasteiger partial charge in [0.15, 0.2) is 0 Å². The third-order valence-corrected chi connectivity index (χ3v) is 11.0. The molecule has 0 saturated heterocycles. The van der Waals surface area contributed by atoms with Gasteiger partial charge in [-0.2, -0.15) is 0 Å². The van der Waals surface area contributed by atoms with E-state index < -0.39 is 0 Å². The summed E-state index contributed by atoms with van der Waals surface area (Å²) in [6, 6.07) is 72.4. The molecule has 1 heterocycles. The van der Waals surface area contributed by atoms with Crippen LogP contribution in [0.1, 0.15) is 0 Å². The molecule has 252 valence electrons. The molecular formula is C52H33NO. The Morgan fingerprint density at radius 3 is 1.67 bits per heavy atom. The molecular weight excluding hydrogens is 655 g/mol. The highest BCUT2D eigenvalue weighted by Gasteiger charge is 2.18. The smallest absolute Gasteiger partial charge is 0.136 e. The standard InChI is InChI=1S/C52H33NO/c1-2-9-34(10-3-1)35-21-26-42(27-22-35)53(49-15-8-12-40-32-51-48(33-47(40)49)46-14-6-7-16-50(46)54-51)43-28-23-36(24-29-43)39-25-30-45-41(31-39)20-19-38-18-17-37-11-4-5-13-44(37)52(38)45/h1-33H. The Bertz CT molecular complexity index is 3190. The summed E-state index contributed by atoms with van der Waals surface area (Å²) >= 11 is 0. The Kier molecular flexibility index (Phi) is 6.90. The topological polar surface area (TPSA) is 16.4 Å². The van der Waals surface area contributed by atoms with E-state index >= 15 is 0 Å². The van der Waals surface area contributed by atoms with Gasteiger partial charge in [0.1, 0.15) is 11.2 Å². The number of fused-ring (bicyclic) bond motifs is 9. The fraction of sp³-hybridized carbons (Fsp3) is 0. The third-order valence-electron chi connectivity index (χ3n) is 11.0. The number of nitrogens with zero attached hydrogens (tertiary/aromatic N) is 1. The molecule has 0 atom stereocenters. The van der Waals surface area contributed by atoms with Gasteiger partial charge in [-0.05, 0) is 115 Å². The van der Waals surface area contributed by atoms with Crippen molar-refractivity contribution >= 4 is 82.1 Å². The van der Waals surface area contributed by atoms with Crippen LogP contribution in [0.15, 0.2) is 205 Å². The second kappa shape index (κ2) is 12.2. The van der Waals surface area contributed by atoms with Gasteiger partial charge in [-0.15, -0.1) is 0 Å². The average Bonchev–Trinajstić information content (AvgIpc) is 3.61. The van der Waals surface area contributed by atoms with Crippen molar-refractivity contribution in [3.05, 3.63) is 200 Å². The Balaban J connectivity index is 1.04. The fourth-order valence-corrected chi connectivity index (χ4v) is 8.35. The molecule has 0 fully saturated rings. The molecule has 0 amide bonds. The van der Waals surface area contributed by atoms with Crippen molar-refractivity contribution < 1.29 is 4.42 Å². The lowest BCUT2D eigenvalue weighted by atomic mass is 9.94. The zero-order chi connectivity index (χ0) is 35.6. The van der Waals surface area contributed by atoms with Crippen LogP contribution in [0.25, 0.3) is 87.3 Å². The lowest BCUT2D eigenvalue weighted by Gasteiger charge is -2.27. The lowest BCUT2D eigenvalue weighted by Crippen LogP contribution is -2.10. The maximum absolute atomic E-state index is 6.29.